The zero-order valence-corrected chi connectivity index (χ0v) is 12.3. The summed E-state index contributed by atoms with van der Waals surface area (Å²) >= 11 is 0. The second-order valence-electron chi connectivity index (χ2n) is 4.99. The third kappa shape index (κ3) is 4.32. The minimum absolute atomic E-state index is 0. The number of hydrogen-bond acceptors (Lipinski definition) is 3. The monoisotopic (exact) mass is 291 g/mol. The van der Waals surface area contributed by atoms with Gasteiger partial charge in [0.05, 0.1) is 0 Å². The molecule has 0 radical (unpaired) electrons. The van der Waals surface area contributed by atoms with Gasteiger partial charge >= 0.3 is 0 Å². The molecule has 1 fully saturated rings. The molecule has 0 heterocycles. The van der Waals surface area contributed by atoms with Crippen molar-refractivity contribution in [2.45, 2.75) is 31.8 Å². The number of nitrogens with two attached hydrogens (primary N) is 2. The fourth-order valence-corrected chi connectivity index (χ4v) is 2.11. The van der Waals surface area contributed by atoms with E-state index in [1.165, 1.54) is 18.4 Å². The molecule has 0 aliphatic heterocycles. The van der Waals surface area contributed by atoms with Crippen LogP contribution in [0.25, 0.3) is 0 Å². The van der Waals surface area contributed by atoms with Crippen LogP contribution in [0, 0.1) is 5.92 Å². The predicted octanol–water partition coefficient (Wildman–Crippen LogP) is 2.33. The van der Waals surface area contributed by atoms with Crippen molar-refractivity contribution in [1.29, 1.82) is 0 Å². The van der Waals surface area contributed by atoms with Crippen molar-refractivity contribution in [2.24, 2.45) is 11.7 Å². The first kappa shape index (κ1) is 17.5. The van der Waals surface area contributed by atoms with Crippen LogP contribution >= 0.6 is 24.8 Å². The van der Waals surface area contributed by atoms with E-state index in [0.29, 0.717) is 6.54 Å². The van der Waals surface area contributed by atoms with Gasteiger partial charge in [-0.2, -0.15) is 0 Å². The maximum Gasteiger partial charge on any atom is 0.0317 e. The third-order valence-corrected chi connectivity index (χ3v) is 3.55. The van der Waals surface area contributed by atoms with Gasteiger partial charge in [-0.25, -0.2) is 0 Å². The zero-order chi connectivity index (χ0) is 11.6. The standard InChI is InChI=1S/C13H21N3.2ClH/c1-13(9-14,11-5-6-11)16-8-10-3-2-4-12(15)7-10;;/h2-4,7,11,16H,5-6,8-9,14-15H2,1H3;2*1H. The van der Waals surface area contributed by atoms with E-state index >= 15 is 0 Å². The normalized spacial score (nSPS) is 17.2. The summed E-state index contributed by atoms with van der Waals surface area (Å²) in [5.74, 6) is 0.749. The molecular weight excluding hydrogens is 269 g/mol. The van der Waals surface area contributed by atoms with Crippen LogP contribution in [0.4, 0.5) is 5.69 Å². The number of hydrogen-bond donors (Lipinski definition) is 3. The number of nitrogens with one attached hydrogen (secondary N) is 1. The summed E-state index contributed by atoms with van der Waals surface area (Å²) in [4.78, 5) is 0. The van der Waals surface area contributed by atoms with Crippen molar-refractivity contribution in [2.75, 3.05) is 12.3 Å². The smallest absolute Gasteiger partial charge is 0.0317 e. The minimum atomic E-state index is 0. The van der Waals surface area contributed by atoms with Gasteiger partial charge < -0.3 is 16.8 Å². The summed E-state index contributed by atoms with van der Waals surface area (Å²) in [5.41, 5.74) is 13.7. The summed E-state index contributed by atoms with van der Waals surface area (Å²) < 4.78 is 0. The van der Waals surface area contributed by atoms with Gasteiger partial charge in [0.15, 0.2) is 0 Å². The van der Waals surface area contributed by atoms with E-state index in [1.54, 1.807) is 0 Å². The Morgan fingerprint density at radius 2 is 2.00 bits per heavy atom. The van der Waals surface area contributed by atoms with E-state index in [-0.39, 0.29) is 30.4 Å². The fourth-order valence-electron chi connectivity index (χ4n) is 2.11. The van der Waals surface area contributed by atoms with E-state index in [4.69, 9.17) is 11.5 Å². The van der Waals surface area contributed by atoms with Crippen molar-refractivity contribution >= 4 is 30.5 Å². The molecule has 18 heavy (non-hydrogen) atoms. The van der Waals surface area contributed by atoms with Gasteiger partial charge in [-0.05, 0) is 43.4 Å². The van der Waals surface area contributed by atoms with Crippen molar-refractivity contribution in [3.8, 4) is 0 Å². The average Bonchev–Trinajstić information content (AvgIpc) is 3.10. The Balaban J connectivity index is 0.00000144. The average molecular weight is 292 g/mol. The van der Waals surface area contributed by atoms with E-state index in [1.807, 2.05) is 18.2 Å². The Bertz CT molecular complexity index is 369. The molecule has 1 unspecified atom stereocenters. The molecule has 5 N–H and O–H groups in total. The summed E-state index contributed by atoms with van der Waals surface area (Å²) in [5, 5.41) is 3.57. The molecule has 1 aliphatic carbocycles. The van der Waals surface area contributed by atoms with Crippen molar-refractivity contribution in [3.63, 3.8) is 0 Å². The summed E-state index contributed by atoms with van der Waals surface area (Å²) in [6.07, 6.45) is 2.61. The first-order valence-corrected chi connectivity index (χ1v) is 5.93. The largest absolute Gasteiger partial charge is 0.399 e. The lowest BCUT2D eigenvalue weighted by Crippen LogP contribution is -2.50. The van der Waals surface area contributed by atoms with E-state index < -0.39 is 0 Å². The maximum atomic E-state index is 5.85. The quantitative estimate of drug-likeness (QED) is 0.730. The minimum Gasteiger partial charge on any atom is -0.399 e. The molecule has 5 heteroatoms. The highest BCUT2D eigenvalue weighted by molar-refractivity contribution is 5.85. The summed E-state index contributed by atoms with van der Waals surface area (Å²) in [7, 11) is 0. The van der Waals surface area contributed by atoms with Crippen molar-refractivity contribution in [1.82, 2.24) is 5.32 Å². The molecule has 104 valence electrons. The molecule has 2 rings (SSSR count). The molecule has 3 nitrogen and oxygen atoms in total. The highest BCUT2D eigenvalue weighted by Crippen LogP contribution is 2.39. The maximum absolute atomic E-state index is 5.85. The molecule has 1 saturated carbocycles. The number of nitrogen functional groups attached to an aromatic ring is 1. The Morgan fingerprint density at radius 3 is 2.50 bits per heavy atom. The van der Waals surface area contributed by atoms with Gasteiger partial charge in [0.25, 0.3) is 0 Å². The Labute approximate surface area is 122 Å². The molecule has 1 aromatic carbocycles. The Hall–Kier alpha value is -0.480. The SMILES string of the molecule is CC(CN)(NCc1cccc(N)c1)C1CC1.Cl.Cl. The molecule has 0 aromatic heterocycles. The number of benzene rings is 1. The van der Waals surface area contributed by atoms with Crippen LogP contribution in [0.3, 0.4) is 0 Å². The van der Waals surface area contributed by atoms with Gasteiger partial charge in [0, 0.05) is 24.3 Å². The molecule has 0 spiro atoms. The van der Waals surface area contributed by atoms with Gasteiger partial charge in [0.1, 0.15) is 0 Å². The van der Waals surface area contributed by atoms with E-state index in [0.717, 1.165) is 18.2 Å². The highest BCUT2D eigenvalue weighted by atomic mass is 35.5. The van der Waals surface area contributed by atoms with Crippen LogP contribution in [0.1, 0.15) is 25.3 Å². The van der Waals surface area contributed by atoms with E-state index in [2.05, 4.69) is 18.3 Å². The van der Waals surface area contributed by atoms with Crippen LogP contribution in [-0.4, -0.2) is 12.1 Å². The van der Waals surface area contributed by atoms with Crippen molar-refractivity contribution in [3.05, 3.63) is 29.8 Å². The van der Waals surface area contributed by atoms with Gasteiger partial charge in [-0.3, -0.25) is 0 Å². The molecule has 0 bridgehead atoms. The highest BCUT2D eigenvalue weighted by Gasteiger charge is 2.39. The predicted molar refractivity (Wildman–Crippen MR) is 82.4 cm³/mol. The molecular formula is C13H23Cl2N3. The lowest BCUT2D eigenvalue weighted by Gasteiger charge is -2.29. The van der Waals surface area contributed by atoms with Crippen molar-refractivity contribution < 1.29 is 0 Å². The van der Waals surface area contributed by atoms with Crippen LogP contribution in [0.15, 0.2) is 24.3 Å². The van der Waals surface area contributed by atoms with Crippen LogP contribution in [-0.2, 0) is 6.54 Å². The lowest BCUT2D eigenvalue weighted by atomic mass is 9.95. The molecule has 1 aromatic rings. The molecule has 0 saturated heterocycles. The number of anilines is 1. The third-order valence-electron chi connectivity index (χ3n) is 3.55. The molecule has 0 amide bonds. The fraction of sp³-hybridized carbons (Fsp3) is 0.538. The van der Waals surface area contributed by atoms with Crippen LogP contribution in [0.5, 0.6) is 0 Å². The lowest BCUT2D eigenvalue weighted by molar-refractivity contribution is 0.317. The number of halogens is 2. The van der Waals surface area contributed by atoms with Gasteiger partial charge in [-0.15, -0.1) is 24.8 Å². The topological polar surface area (TPSA) is 64.1 Å². The first-order valence-electron chi connectivity index (χ1n) is 5.93. The first-order chi connectivity index (χ1) is 7.64. The second-order valence-corrected chi connectivity index (χ2v) is 4.99. The molecule has 1 atom stereocenters. The Kier molecular flexibility index (Phi) is 7.00. The second kappa shape index (κ2) is 7.19. The van der Waals surface area contributed by atoms with Gasteiger partial charge in [0.2, 0.25) is 0 Å². The molecule has 1 aliphatic rings. The summed E-state index contributed by atoms with van der Waals surface area (Å²) in [6, 6.07) is 8.00. The van der Waals surface area contributed by atoms with Crippen LogP contribution < -0.4 is 16.8 Å². The Morgan fingerprint density at radius 1 is 1.33 bits per heavy atom. The summed E-state index contributed by atoms with van der Waals surface area (Å²) in [6.45, 7) is 3.76. The zero-order valence-electron chi connectivity index (χ0n) is 10.7. The van der Waals surface area contributed by atoms with E-state index in [9.17, 15) is 0 Å². The number of rotatable bonds is 5. The van der Waals surface area contributed by atoms with Crippen LogP contribution in [0.2, 0.25) is 0 Å². The van der Waals surface area contributed by atoms with Gasteiger partial charge in [-0.1, -0.05) is 12.1 Å².